The van der Waals surface area contributed by atoms with Gasteiger partial charge in [-0.1, -0.05) is 19.2 Å². The maximum atomic E-state index is 11.0. The molecule has 0 aromatic rings. The standard InChI is InChI=1S/C10H20BNO2/c11-3-1-2-8-4-7(6-12)5-9(8)10(13)14/h7-9H,1-6,11-12H2,(H,13,14)/t7-,8+,9-/m1/s1. The van der Waals surface area contributed by atoms with E-state index >= 15 is 0 Å². The third kappa shape index (κ3) is 2.74. The van der Waals surface area contributed by atoms with Crippen LogP contribution in [0.4, 0.5) is 0 Å². The Balaban J connectivity index is 2.48. The summed E-state index contributed by atoms with van der Waals surface area (Å²) in [5, 5.41) is 9.06. The number of hydrogen-bond donors (Lipinski definition) is 2. The molecule has 1 rings (SSSR count). The van der Waals surface area contributed by atoms with Gasteiger partial charge >= 0.3 is 5.97 Å². The number of rotatable bonds is 5. The topological polar surface area (TPSA) is 63.3 Å². The van der Waals surface area contributed by atoms with Gasteiger partial charge in [0.25, 0.3) is 0 Å². The molecule has 0 bridgehead atoms. The molecule has 0 heterocycles. The van der Waals surface area contributed by atoms with Crippen LogP contribution in [0.2, 0.25) is 6.32 Å². The number of hydrogen-bond acceptors (Lipinski definition) is 2. The van der Waals surface area contributed by atoms with Crippen LogP contribution in [0.5, 0.6) is 0 Å². The Morgan fingerprint density at radius 1 is 1.50 bits per heavy atom. The van der Waals surface area contributed by atoms with Crippen molar-refractivity contribution in [2.75, 3.05) is 6.54 Å². The van der Waals surface area contributed by atoms with E-state index in [-0.39, 0.29) is 5.92 Å². The fraction of sp³-hybridized carbons (Fsp3) is 0.900. The summed E-state index contributed by atoms with van der Waals surface area (Å²) in [6.45, 7) is 0.645. The number of nitrogens with two attached hydrogens (primary N) is 1. The molecule has 0 saturated heterocycles. The highest BCUT2D eigenvalue weighted by Crippen LogP contribution is 2.38. The first-order valence-electron chi connectivity index (χ1n) is 5.61. The lowest BCUT2D eigenvalue weighted by Gasteiger charge is -2.14. The SMILES string of the molecule is BCCC[C@H]1C[C@@H](CN)C[C@H]1C(=O)O. The van der Waals surface area contributed by atoms with Gasteiger partial charge in [-0.15, -0.1) is 0 Å². The van der Waals surface area contributed by atoms with E-state index in [2.05, 4.69) is 7.85 Å². The molecule has 3 atom stereocenters. The average Bonchev–Trinajstić information content (AvgIpc) is 2.58. The summed E-state index contributed by atoms with van der Waals surface area (Å²) >= 11 is 0. The normalized spacial score (nSPS) is 31.9. The zero-order chi connectivity index (χ0) is 10.6. The summed E-state index contributed by atoms with van der Waals surface area (Å²) in [6, 6.07) is 0. The van der Waals surface area contributed by atoms with Crippen molar-refractivity contribution >= 4 is 13.8 Å². The van der Waals surface area contributed by atoms with Crippen LogP contribution in [0, 0.1) is 17.8 Å². The number of aliphatic carboxylic acids is 1. The maximum Gasteiger partial charge on any atom is 0.306 e. The van der Waals surface area contributed by atoms with Gasteiger partial charge in [-0.25, -0.2) is 0 Å². The molecule has 3 N–H and O–H groups in total. The molecule has 4 heteroatoms. The second-order valence-electron chi connectivity index (χ2n) is 4.42. The minimum atomic E-state index is -0.623. The summed E-state index contributed by atoms with van der Waals surface area (Å²) in [7, 11) is 2.14. The average molecular weight is 197 g/mol. The van der Waals surface area contributed by atoms with E-state index in [1.807, 2.05) is 0 Å². The summed E-state index contributed by atoms with van der Waals surface area (Å²) in [5.41, 5.74) is 5.59. The maximum absolute atomic E-state index is 11.0. The van der Waals surface area contributed by atoms with Crippen molar-refractivity contribution in [1.82, 2.24) is 0 Å². The molecule has 0 aromatic heterocycles. The Hall–Kier alpha value is -0.505. The second-order valence-corrected chi connectivity index (χ2v) is 4.42. The Bertz CT molecular complexity index is 199. The van der Waals surface area contributed by atoms with Crippen LogP contribution < -0.4 is 5.73 Å². The molecule has 3 nitrogen and oxygen atoms in total. The summed E-state index contributed by atoms with van der Waals surface area (Å²) in [6.07, 6.45) is 5.17. The van der Waals surface area contributed by atoms with Gasteiger partial charge in [0.15, 0.2) is 0 Å². The minimum Gasteiger partial charge on any atom is -0.481 e. The third-order valence-corrected chi connectivity index (χ3v) is 3.37. The molecule has 80 valence electrons. The number of carbonyl (C=O) groups is 1. The van der Waals surface area contributed by atoms with Gasteiger partial charge in [0, 0.05) is 0 Å². The van der Waals surface area contributed by atoms with Crippen molar-refractivity contribution in [3.05, 3.63) is 0 Å². The van der Waals surface area contributed by atoms with Gasteiger partial charge in [-0.05, 0) is 31.2 Å². The quantitative estimate of drug-likeness (QED) is 0.631. The lowest BCUT2D eigenvalue weighted by molar-refractivity contribution is -0.143. The zero-order valence-corrected chi connectivity index (χ0v) is 8.91. The molecule has 1 aliphatic carbocycles. The van der Waals surface area contributed by atoms with E-state index < -0.39 is 5.97 Å². The molecule has 0 radical (unpaired) electrons. The first kappa shape index (κ1) is 11.6. The monoisotopic (exact) mass is 197 g/mol. The van der Waals surface area contributed by atoms with E-state index in [9.17, 15) is 4.79 Å². The smallest absolute Gasteiger partial charge is 0.306 e. The first-order valence-corrected chi connectivity index (χ1v) is 5.61. The van der Waals surface area contributed by atoms with E-state index in [1.165, 1.54) is 0 Å². The Labute approximate surface area is 86.5 Å². The fourth-order valence-electron chi connectivity index (χ4n) is 2.52. The van der Waals surface area contributed by atoms with Crippen LogP contribution in [0.25, 0.3) is 0 Å². The molecule has 1 fully saturated rings. The van der Waals surface area contributed by atoms with E-state index in [0.717, 1.165) is 32.0 Å². The highest BCUT2D eigenvalue weighted by atomic mass is 16.4. The van der Waals surface area contributed by atoms with Crippen molar-refractivity contribution in [1.29, 1.82) is 0 Å². The van der Waals surface area contributed by atoms with Crippen molar-refractivity contribution < 1.29 is 9.90 Å². The largest absolute Gasteiger partial charge is 0.481 e. The van der Waals surface area contributed by atoms with Gasteiger partial charge in [0.1, 0.15) is 7.85 Å². The highest BCUT2D eigenvalue weighted by Gasteiger charge is 2.37. The summed E-state index contributed by atoms with van der Waals surface area (Å²) < 4.78 is 0. The van der Waals surface area contributed by atoms with Crippen LogP contribution in [0.1, 0.15) is 25.7 Å². The molecule has 0 spiro atoms. The van der Waals surface area contributed by atoms with Crippen molar-refractivity contribution in [2.45, 2.75) is 32.0 Å². The minimum absolute atomic E-state index is 0.130. The van der Waals surface area contributed by atoms with Crippen LogP contribution in [-0.2, 0) is 4.79 Å². The third-order valence-electron chi connectivity index (χ3n) is 3.37. The van der Waals surface area contributed by atoms with Crippen molar-refractivity contribution in [3.8, 4) is 0 Å². The van der Waals surface area contributed by atoms with Gasteiger partial charge in [0.2, 0.25) is 0 Å². The van der Waals surface area contributed by atoms with Crippen LogP contribution >= 0.6 is 0 Å². The fourth-order valence-corrected chi connectivity index (χ4v) is 2.52. The van der Waals surface area contributed by atoms with E-state index in [0.29, 0.717) is 18.4 Å². The molecule has 1 saturated carbocycles. The molecule has 14 heavy (non-hydrogen) atoms. The molecule has 0 amide bonds. The van der Waals surface area contributed by atoms with Crippen molar-refractivity contribution in [3.63, 3.8) is 0 Å². The summed E-state index contributed by atoms with van der Waals surface area (Å²) in [5.74, 6) is 0.0658. The van der Waals surface area contributed by atoms with Crippen molar-refractivity contribution in [2.24, 2.45) is 23.5 Å². The highest BCUT2D eigenvalue weighted by molar-refractivity contribution is 6.08. The molecule has 0 aliphatic heterocycles. The number of carboxylic acid groups (broad SMARTS) is 1. The molecule has 0 unspecified atom stereocenters. The van der Waals surface area contributed by atoms with Gasteiger partial charge in [0.05, 0.1) is 5.92 Å². The lowest BCUT2D eigenvalue weighted by Crippen LogP contribution is -2.18. The first-order chi connectivity index (χ1) is 6.69. The Morgan fingerprint density at radius 3 is 2.71 bits per heavy atom. The van der Waals surface area contributed by atoms with Gasteiger partial charge in [-0.2, -0.15) is 0 Å². The molecular formula is C10H20BNO2. The lowest BCUT2D eigenvalue weighted by atomic mass is 9.88. The van der Waals surface area contributed by atoms with Gasteiger partial charge in [-0.3, -0.25) is 4.79 Å². The molecule has 1 aliphatic rings. The second kappa shape index (κ2) is 5.39. The van der Waals surface area contributed by atoms with E-state index in [1.54, 1.807) is 0 Å². The Kier molecular flexibility index (Phi) is 4.46. The van der Waals surface area contributed by atoms with Crippen LogP contribution in [0.3, 0.4) is 0 Å². The predicted molar refractivity (Wildman–Crippen MR) is 59.0 cm³/mol. The zero-order valence-electron chi connectivity index (χ0n) is 8.91. The summed E-state index contributed by atoms with van der Waals surface area (Å²) in [4.78, 5) is 11.0. The van der Waals surface area contributed by atoms with E-state index in [4.69, 9.17) is 10.8 Å². The molecule has 0 aromatic carbocycles. The van der Waals surface area contributed by atoms with Crippen LogP contribution in [0.15, 0.2) is 0 Å². The Morgan fingerprint density at radius 2 is 2.21 bits per heavy atom. The van der Waals surface area contributed by atoms with Crippen LogP contribution in [-0.4, -0.2) is 25.5 Å². The molecular weight excluding hydrogens is 177 g/mol. The number of carboxylic acids is 1. The predicted octanol–water partition coefficient (Wildman–Crippen LogP) is 0.504. The van der Waals surface area contributed by atoms with Gasteiger partial charge < -0.3 is 10.8 Å².